The molecule has 3 fully saturated rings. The molecule has 0 N–H and O–H groups in total. The SMILES string of the molecule is C[C@H]1CN(c2cc(F)c(-c3ccc([C@@]4(C#N)[C@@H]5CN(C(=O)OC(C)(C)C)C[C@@H]54)nc3)c(F)c2)C(=O)O1. The van der Waals surface area contributed by atoms with E-state index in [-0.39, 0.29) is 41.3 Å². The Bertz CT molecular complexity index is 1250. The molecule has 188 valence electrons. The Hall–Kier alpha value is -3.74. The number of benzene rings is 1. The van der Waals surface area contributed by atoms with Crippen LogP contribution in [0.15, 0.2) is 30.5 Å². The highest BCUT2D eigenvalue weighted by Gasteiger charge is 2.71. The number of aromatic nitrogens is 1. The van der Waals surface area contributed by atoms with Crippen molar-refractivity contribution in [2.45, 2.75) is 44.8 Å². The lowest BCUT2D eigenvalue weighted by molar-refractivity contribution is 0.0265. The minimum absolute atomic E-state index is 0.0799. The van der Waals surface area contributed by atoms with Crippen molar-refractivity contribution in [1.29, 1.82) is 5.26 Å². The van der Waals surface area contributed by atoms with Crippen LogP contribution in [-0.2, 0) is 14.9 Å². The second-order valence-electron chi connectivity index (χ2n) is 10.6. The number of ether oxygens (including phenoxy) is 2. The topological polar surface area (TPSA) is 95.8 Å². The Morgan fingerprint density at radius 3 is 2.31 bits per heavy atom. The Kier molecular flexibility index (Phi) is 5.43. The van der Waals surface area contributed by atoms with Gasteiger partial charge < -0.3 is 14.4 Å². The molecule has 1 saturated carbocycles. The molecule has 3 aliphatic rings. The van der Waals surface area contributed by atoms with Gasteiger partial charge in [0.25, 0.3) is 0 Å². The molecule has 0 spiro atoms. The summed E-state index contributed by atoms with van der Waals surface area (Å²) in [6, 6.07) is 7.71. The maximum atomic E-state index is 15.0. The number of cyclic esters (lactones) is 1. The number of fused-ring (bicyclic) bond motifs is 1. The number of carbonyl (C=O) groups excluding carboxylic acids is 2. The molecule has 4 atom stereocenters. The summed E-state index contributed by atoms with van der Waals surface area (Å²) in [5.41, 5.74) is -0.907. The first-order valence-corrected chi connectivity index (χ1v) is 11.8. The molecule has 2 aromatic rings. The number of carbonyl (C=O) groups is 2. The van der Waals surface area contributed by atoms with E-state index in [0.29, 0.717) is 18.8 Å². The van der Waals surface area contributed by atoms with Crippen molar-refractivity contribution >= 4 is 17.9 Å². The molecular weight excluding hydrogens is 470 g/mol. The summed E-state index contributed by atoms with van der Waals surface area (Å²) in [5.74, 6) is -1.83. The monoisotopic (exact) mass is 496 g/mol. The molecule has 36 heavy (non-hydrogen) atoms. The standard InChI is InChI=1S/C26H26F2N4O4/c1-14-10-32(24(34)35-14)16-7-19(27)22(20(28)8-16)15-5-6-21(30-9-15)26(13-29)17-11-31(12-18(17)26)23(33)36-25(2,3)4/h5-9,14,17-18H,10-12H2,1-4H3/t14-,17-,18+,26+/m0/s1. The third kappa shape index (κ3) is 3.83. The number of hydrogen-bond donors (Lipinski definition) is 0. The van der Waals surface area contributed by atoms with Gasteiger partial charge in [0.05, 0.1) is 29.6 Å². The second-order valence-corrected chi connectivity index (χ2v) is 10.6. The van der Waals surface area contributed by atoms with E-state index in [1.54, 1.807) is 38.7 Å². The number of rotatable bonds is 3. The summed E-state index contributed by atoms with van der Waals surface area (Å²) in [6.45, 7) is 8.07. The van der Waals surface area contributed by atoms with Crippen LogP contribution in [0, 0.1) is 34.8 Å². The van der Waals surface area contributed by atoms with Gasteiger partial charge in [-0.05, 0) is 45.9 Å². The van der Waals surface area contributed by atoms with Crippen LogP contribution in [0.5, 0.6) is 0 Å². The summed E-state index contributed by atoms with van der Waals surface area (Å²) in [6.07, 6.45) is -0.0785. The third-order valence-electron chi connectivity index (χ3n) is 6.99. The van der Waals surface area contributed by atoms with E-state index in [0.717, 1.165) is 12.1 Å². The van der Waals surface area contributed by atoms with Crippen molar-refractivity contribution in [3.05, 3.63) is 47.8 Å². The van der Waals surface area contributed by atoms with E-state index >= 15 is 0 Å². The van der Waals surface area contributed by atoms with Gasteiger partial charge in [0.15, 0.2) is 0 Å². The largest absolute Gasteiger partial charge is 0.444 e. The van der Waals surface area contributed by atoms with Gasteiger partial charge in [-0.15, -0.1) is 0 Å². The number of piperidine rings is 1. The van der Waals surface area contributed by atoms with Crippen LogP contribution in [0.3, 0.4) is 0 Å². The minimum Gasteiger partial charge on any atom is -0.444 e. The molecule has 2 amide bonds. The molecular formula is C26H26F2N4O4. The third-order valence-corrected chi connectivity index (χ3v) is 6.99. The van der Waals surface area contributed by atoms with Gasteiger partial charge in [-0.1, -0.05) is 6.07 Å². The number of halogens is 2. The van der Waals surface area contributed by atoms with Gasteiger partial charge in [0.1, 0.15) is 28.8 Å². The maximum Gasteiger partial charge on any atom is 0.414 e. The van der Waals surface area contributed by atoms with Crippen LogP contribution < -0.4 is 4.90 Å². The van der Waals surface area contributed by atoms with Gasteiger partial charge in [0.2, 0.25) is 0 Å². The fraction of sp³-hybridized carbons (Fsp3) is 0.462. The van der Waals surface area contributed by atoms with Crippen molar-refractivity contribution in [2.75, 3.05) is 24.5 Å². The molecule has 1 aromatic carbocycles. The molecule has 0 unspecified atom stereocenters. The zero-order chi connectivity index (χ0) is 26.0. The number of likely N-dealkylation sites (tertiary alicyclic amines) is 1. The Labute approximate surface area is 207 Å². The fourth-order valence-corrected chi connectivity index (χ4v) is 5.30. The second kappa shape index (κ2) is 8.15. The molecule has 5 rings (SSSR count). The Balaban J connectivity index is 1.34. The molecule has 2 aliphatic heterocycles. The van der Waals surface area contributed by atoms with E-state index < -0.39 is 34.8 Å². The number of hydrogen-bond acceptors (Lipinski definition) is 6. The molecule has 1 aliphatic carbocycles. The molecule has 0 bridgehead atoms. The summed E-state index contributed by atoms with van der Waals surface area (Å²) >= 11 is 0. The first-order chi connectivity index (χ1) is 16.9. The highest BCUT2D eigenvalue weighted by atomic mass is 19.1. The lowest BCUT2D eigenvalue weighted by Gasteiger charge is -2.27. The molecule has 1 aromatic heterocycles. The van der Waals surface area contributed by atoms with E-state index in [4.69, 9.17) is 9.47 Å². The number of nitrogens with zero attached hydrogens (tertiary/aromatic N) is 4. The van der Waals surface area contributed by atoms with Gasteiger partial charge >= 0.3 is 12.2 Å². The van der Waals surface area contributed by atoms with Crippen LogP contribution in [-0.4, -0.2) is 53.4 Å². The number of anilines is 1. The normalized spacial score (nSPS) is 26.9. The Morgan fingerprint density at radius 2 is 1.83 bits per heavy atom. The summed E-state index contributed by atoms with van der Waals surface area (Å²) in [5, 5.41) is 9.99. The van der Waals surface area contributed by atoms with Gasteiger partial charge in [-0.2, -0.15) is 5.26 Å². The van der Waals surface area contributed by atoms with Gasteiger partial charge in [-0.3, -0.25) is 9.88 Å². The summed E-state index contributed by atoms with van der Waals surface area (Å²) in [4.78, 5) is 31.5. The molecule has 3 heterocycles. The van der Waals surface area contributed by atoms with E-state index in [2.05, 4.69) is 11.1 Å². The van der Waals surface area contributed by atoms with E-state index in [9.17, 15) is 23.6 Å². The molecule has 2 saturated heterocycles. The quantitative estimate of drug-likeness (QED) is 0.615. The predicted molar refractivity (Wildman–Crippen MR) is 125 cm³/mol. The van der Waals surface area contributed by atoms with Crippen LogP contribution in [0.25, 0.3) is 11.1 Å². The highest BCUT2D eigenvalue weighted by molar-refractivity contribution is 5.90. The van der Waals surface area contributed by atoms with Crippen LogP contribution in [0.4, 0.5) is 24.1 Å². The van der Waals surface area contributed by atoms with Crippen LogP contribution in [0.2, 0.25) is 0 Å². The average Bonchev–Trinajstić information content (AvgIpc) is 3.06. The summed E-state index contributed by atoms with van der Waals surface area (Å²) in [7, 11) is 0. The maximum absolute atomic E-state index is 15.0. The lowest BCUT2D eigenvalue weighted by Crippen LogP contribution is -2.39. The first-order valence-electron chi connectivity index (χ1n) is 11.8. The molecule has 10 heteroatoms. The number of amides is 2. The number of nitriles is 1. The van der Waals surface area contributed by atoms with Crippen molar-refractivity contribution in [3.63, 3.8) is 0 Å². The highest BCUT2D eigenvalue weighted by Crippen LogP contribution is 2.62. The number of pyridine rings is 1. The average molecular weight is 497 g/mol. The van der Waals surface area contributed by atoms with Gasteiger partial charge in [0, 0.05) is 36.7 Å². The molecule has 0 radical (unpaired) electrons. The van der Waals surface area contributed by atoms with Crippen molar-refractivity contribution in [1.82, 2.24) is 9.88 Å². The fourth-order valence-electron chi connectivity index (χ4n) is 5.30. The van der Waals surface area contributed by atoms with Crippen LogP contribution >= 0.6 is 0 Å². The minimum atomic E-state index is -0.842. The molecule has 8 nitrogen and oxygen atoms in total. The van der Waals surface area contributed by atoms with Crippen LogP contribution in [0.1, 0.15) is 33.4 Å². The van der Waals surface area contributed by atoms with Gasteiger partial charge in [-0.25, -0.2) is 18.4 Å². The zero-order valence-corrected chi connectivity index (χ0v) is 20.4. The smallest absolute Gasteiger partial charge is 0.414 e. The van der Waals surface area contributed by atoms with E-state index in [1.165, 1.54) is 17.2 Å². The predicted octanol–water partition coefficient (Wildman–Crippen LogP) is 4.63. The summed E-state index contributed by atoms with van der Waals surface area (Å²) < 4.78 is 40.4. The van der Waals surface area contributed by atoms with Crippen molar-refractivity contribution in [2.24, 2.45) is 11.8 Å². The van der Waals surface area contributed by atoms with Crippen molar-refractivity contribution < 1.29 is 27.8 Å². The first kappa shape index (κ1) is 24.0. The van der Waals surface area contributed by atoms with E-state index in [1.807, 2.05) is 0 Å². The lowest BCUT2D eigenvalue weighted by atomic mass is 9.95. The van der Waals surface area contributed by atoms with Crippen molar-refractivity contribution in [3.8, 4) is 17.2 Å². The Morgan fingerprint density at radius 1 is 1.19 bits per heavy atom. The zero-order valence-electron chi connectivity index (χ0n) is 20.4.